The van der Waals surface area contributed by atoms with Crippen LogP contribution in [-0.2, 0) is 0 Å². The van der Waals surface area contributed by atoms with Crippen molar-refractivity contribution in [1.82, 2.24) is 0 Å². The Bertz CT molecular complexity index is 122. The van der Waals surface area contributed by atoms with Gasteiger partial charge < -0.3 is 5.11 Å². The van der Waals surface area contributed by atoms with Crippen molar-refractivity contribution in [1.29, 1.82) is 0 Å². The van der Waals surface area contributed by atoms with E-state index in [0.29, 0.717) is 6.61 Å². The zero-order valence-corrected chi connectivity index (χ0v) is 10.4. The van der Waals surface area contributed by atoms with Crippen LogP contribution >= 0.6 is 0 Å². The lowest BCUT2D eigenvalue weighted by Gasteiger charge is -2.20. The first-order valence-electron chi connectivity index (χ1n) is 6.22. The Kier molecular flexibility index (Phi) is 8.26. The second-order valence-electron chi connectivity index (χ2n) is 4.91. The largest absolute Gasteiger partial charge is 0.396 e. The molecule has 3 atom stereocenters. The monoisotopic (exact) mass is 200 g/mol. The molecule has 1 N–H and O–H groups in total. The highest BCUT2D eigenvalue weighted by atomic mass is 16.2. The fourth-order valence-electron chi connectivity index (χ4n) is 1.82. The number of rotatable bonds is 8. The van der Waals surface area contributed by atoms with Crippen LogP contribution in [0.5, 0.6) is 0 Å². The van der Waals surface area contributed by atoms with Crippen LogP contribution in [-0.4, -0.2) is 11.7 Å². The maximum absolute atomic E-state index is 8.72. The average molecular weight is 200 g/mol. The van der Waals surface area contributed by atoms with E-state index < -0.39 is 0 Å². The van der Waals surface area contributed by atoms with Crippen LogP contribution in [0.1, 0.15) is 59.8 Å². The summed E-state index contributed by atoms with van der Waals surface area (Å²) in [5.41, 5.74) is 0. The van der Waals surface area contributed by atoms with Gasteiger partial charge in [-0.15, -0.1) is 0 Å². The Labute approximate surface area is 89.9 Å². The third-order valence-electron chi connectivity index (χ3n) is 3.59. The molecule has 0 bridgehead atoms. The van der Waals surface area contributed by atoms with Gasteiger partial charge in [-0.2, -0.15) is 0 Å². The van der Waals surface area contributed by atoms with Crippen LogP contribution in [0.3, 0.4) is 0 Å². The van der Waals surface area contributed by atoms with Gasteiger partial charge in [0.2, 0.25) is 0 Å². The van der Waals surface area contributed by atoms with E-state index in [1.54, 1.807) is 0 Å². The van der Waals surface area contributed by atoms with Gasteiger partial charge in [-0.3, -0.25) is 0 Å². The van der Waals surface area contributed by atoms with Crippen molar-refractivity contribution in [2.75, 3.05) is 6.61 Å². The van der Waals surface area contributed by atoms with Crippen LogP contribution in [0.2, 0.25) is 0 Å². The number of hydrogen-bond donors (Lipinski definition) is 1. The van der Waals surface area contributed by atoms with Crippen molar-refractivity contribution in [3.63, 3.8) is 0 Å². The third kappa shape index (κ3) is 6.42. The van der Waals surface area contributed by atoms with Crippen LogP contribution < -0.4 is 0 Å². The highest BCUT2D eigenvalue weighted by Gasteiger charge is 2.11. The fourth-order valence-corrected chi connectivity index (χ4v) is 1.82. The molecule has 0 aliphatic heterocycles. The number of aliphatic hydroxyl groups is 1. The quantitative estimate of drug-likeness (QED) is 0.631. The Morgan fingerprint density at radius 1 is 0.929 bits per heavy atom. The topological polar surface area (TPSA) is 20.2 Å². The molecule has 0 saturated carbocycles. The lowest BCUT2D eigenvalue weighted by Crippen LogP contribution is -2.08. The zero-order valence-electron chi connectivity index (χ0n) is 10.4. The van der Waals surface area contributed by atoms with Gasteiger partial charge in [-0.05, 0) is 30.6 Å². The van der Waals surface area contributed by atoms with E-state index in [1.807, 2.05) is 0 Å². The molecule has 0 amide bonds. The van der Waals surface area contributed by atoms with Crippen molar-refractivity contribution in [3.05, 3.63) is 0 Å². The fraction of sp³-hybridized carbons (Fsp3) is 1.00. The molecule has 3 unspecified atom stereocenters. The highest BCUT2D eigenvalue weighted by molar-refractivity contribution is 4.63. The summed E-state index contributed by atoms with van der Waals surface area (Å²) in [7, 11) is 0. The average Bonchev–Trinajstić information content (AvgIpc) is 2.21. The van der Waals surface area contributed by atoms with Gasteiger partial charge >= 0.3 is 0 Å². The molecule has 0 aromatic heterocycles. The second-order valence-corrected chi connectivity index (χ2v) is 4.91. The van der Waals surface area contributed by atoms with Crippen LogP contribution in [0.4, 0.5) is 0 Å². The third-order valence-corrected chi connectivity index (χ3v) is 3.59. The minimum absolute atomic E-state index is 0.352. The summed E-state index contributed by atoms with van der Waals surface area (Å²) in [6.45, 7) is 9.65. The van der Waals surface area contributed by atoms with Gasteiger partial charge in [0.25, 0.3) is 0 Å². The summed E-state index contributed by atoms with van der Waals surface area (Å²) < 4.78 is 0. The van der Waals surface area contributed by atoms with Gasteiger partial charge in [0.15, 0.2) is 0 Å². The summed E-state index contributed by atoms with van der Waals surface area (Å²) in [6.07, 6.45) is 6.13. The van der Waals surface area contributed by atoms with E-state index in [9.17, 15) is 0 Å². The number of hydrogen-bond acceptors (Lipinski definition) is 1. The van der Waals surface area contributed by atoms with Gasteiger partial charge in [0, 0.05) is 6.61 Å². The minimum atomic E-state index is 0.352. The molecule has 0 aliphatic rings. The molecule has 0 radical (unpaired) electrons. The molecule has 0 spiro atoms. The van der Waals surface area contributed by atoms with Crippen LogP contribution in [0, 0.1) is 17.8 Å². The Balaban J connectivity index is 3.50. The molecule has 0 aromatic rings. The van der Waals surface area contributed by atoms with Gasteiger partial charge in [0.05, 0.1) is 0 Å². The molecule has 1 heteroatoms. The predicted molar refractivity (Wildman–Crippen MR) is 63.3 cm³/mol. The molecule has 0 saturated heterocycles. The lowest BCUT2D eigenvalue weighted by molar-refractivity contribution is 0.263. The molecule has 0 heterocycles. The standard InChI is InChI=1S/C13H28O/c1-5-12(3)13(4)9-8-11(2)7-6-10-14/h11-14H,5-10H2,1-4H3. The SMILES string of the molecule is CCC(C)C(C)CCC(C)CCCO. The van der Waals surface area contributed by atoms with Gasteiger partial charge in [-0.1, -0.05) is 47.0 Å². The van der Waals surface area contributed by atoms with Gasteiger partial charge in [0.1, 0.15) is 0 Å². The predicted octanol–water partition coefficient (Wildman–Crippen LogP) is 3.86. The maximum Gasteiger partial charge on any atom is 0.0431 e. The Hall–Kier alpha value is -0.0400. The molecule has 0 rings (SSSR count). The second kappa shape index (κ2) is 8.28. The molecule has 1 nitrogen and oxygen atoms in total. The lowest BCUT2D eigenvalue weighted by atomic mass is 9.86. The minimum Gasteiger partial charge on any atom is -0.396 e. The van der Waals surface area contributed by atoms with E-state index >= 15 is 0 Å². The van der Waals surface area contributed by atoms with Crippen LogP contribution in [0.15, 0.2) is 0 Å². The van der Waals surface area contributed by atoms with Crippen molar-refractivity contribution < 1.29 is 5.11 Å². The van der Waals surface area contributed by atoms with E-state index in [2.05, 4.69) is 27.7 Å². The molecular weight excluding hydrogens is 172 g/mol. The summed E-state index contributed by atoms with van der Waals surface area (Å²) in [6, 6.07) is 0. The molecule has 14 heavy (non-hydrogen) atoms. The highest BCUT2D eigenvalue weighted by Crippen LogP contribution is 2.23. The van der Waals surface area contributed by atoms with E-state index in [-0.39, 0.29) is 0 Å². The van der Waals surface area contributed by atoms with Crippen molar-refractivity contribution in [2.45, 2.75) is 59.8 Å². The van der Waals surface area contributed by atoms with E-state index in [0.717, 1.165) is 24.2 Å². The summed E-state index contributed by atoms with van der Waals surface area (Å²) >= 11 is 0. The molecule has 86 valence electrons. The Morgan fingerprint density at radius 3 is 2.07 bits per heavy atom. The summed E-state index contributed by atoms with van der Waals surface area (Å²) in [4.78, 5) is 0. The normalized spacial score (nSPS) is 17.8. The van der Waals surface area contributed by atoms with E-state index in [4.69, 9.17) is 5.11 Å². The maximum atomic E-state index is 8.72. The first kappa shape index (κ1) is 14.0. The Morgan fingerprint density at radius 2 is 1.57 bits per heavy atom. The summed E-state index contributed by atoms with van der Waals surface area (Å²) in [5.74, 6) is 2.50. The summed E-state index contributed by atoms with van der Waals surface area (Å²) in [5, 5.41) is 8.72. The number of aliphatic hydroxyl groups excluding tert-OH is 1. The van der Waals surface area contributed by atoms with Crippen molar-refractivity contribution in [2.24, 2.45) is 17.8 Å². The molecule has 0 fully saturated rings. The smallest absolute Gasteiger partial charge is 0.0431 e. The molecule has 0 aliphatic carbocycles. The van der Waals surface area contributed by atoms with Crippen molar-refractivity contribution >= 4 is 0 Å². The van der Waals surface area contributed by atoms with E-state index in [1.165, 1.54) is 25.7 Å². The first-order chi connectivity index (χ1) is 6.61. The van der Waals surface area contributed by atoms with Crippen molar-refractivity contribution in [3.8, 4) is 0 Å². The zero-order chi connectivity index (χ0) is 11.0. The first-order valence-corrected chi connectivity index (χ1v) is 6.22. The molecule has 0 aromatic carbocycles. The molecular formula is C13H28O. The van der Waals surface area contributed by atoms with Crippen LogP contribution in [0.25, 0.3) is 0 Å². The van der Waals surface area contributed by atoms with Gasteiger partial charge in [-0.25, -0.2) is 0 Å².